The third-order valence-corrected chi connectivity index (χ3v) is 7.62. The van der Waals surface area contributed by atoms with Crippen LogP contribution in [0, 0.1) is 5.92 Å². The zero-order valence-corrected chi connectivity index (χ0v) is 20.8. The number of hydrogen-bond acceptors (Lipinski definition) is 5. The first-order valence-electron chi connectivity index (χ1n) is 12.7. The standard InChI is InChI=1S/C26H27F3N6O3/c1-34-20(7-10-30-34)23(36)31-22-21-19(33-35(22)11-8-15-2-3-15)13-25(32-24(21)37)9-6-16-12-17(4-5-18(16)25)38-14-26(27,28)29/h4-5,7,10,12,15H,2-3,6,8-9,11,13-14H2,1H3,(H,31,36)(H,32,37)/t25-/m0/s1. The maximum atomic E-state index is 13.6. The molecule has 2 N–H and O–H groups in total. The van der Waals surface area contributed by atoms with Crippen LogP contribution in [-0.2, 0) is 32.0 Å². The highest BCUT2D eigenvalue weighted by molar-refractivity contribution is 6.08. The fourth-order valence-corrected chi connectivity index (χ4v) is 5.55. The number of benzene rings is 1. The molecule has 12 heteroatoms. The number of alkyl halides is 3. The first kappa shape index (κ1) is 24.5. The molecule has 0 bridgehead atoms. The molecule has 9 nitrogen and oxygen atoms in total. The number of hydrogen-bond donors (Lipinski definition) is 2. The van der Waals surface area contributed by atoms with Crippen LogP contribution in [0.1, 0.15) is 63.4 Å². The van der Waals surface area contributed by atoms with Crippen molar-refractivity contribution in [1.29, 1.82) is 0 Å². The Bertz CT molecular complexity index is 1420. The third kappa shape index (κ3) is 4.52. The van der Waals surface area contributed by atoms with Gasteiger partial charge in [-0.05, 0) is 54.5 Å². The lowest BCUT2D eigenvalue weighted by Gasteiger charge is -2.35. The highest BCUT2D eigenvalue weighted by Crippen LogP contribution is 2.44. The lowest BCUT2D eigenvalue weighted by atomic mass is 9.82. The Labute approximate surface area is 216 Å². The summed E-state index contributed by atoms with van der Waals surface area (Å²) in [6, 6.07) is 6.46. The minimum absolute atomic E-state index is 0.144. The summed E-state index contributed by atoms with van der Waals surface area (Å²) < 4.78 is 45.9. The van der Waals surface area contributed by atoms with E-state index in [0.717, 1.165) is 17.5 Å². The average Bonchev–Trinajstić information content (AvgIpc) is 3.35. The maximum Gasteiger partial charge on any atom is 0.422 e. The van der Waals surface area contributed by atoms with Crippen LogP contribution in [0.5, 0.6) is 5.75 Å². The number of amides is 2. The van der Waals surface area contributed by atoms with E-state index < -0.39 is 18.3 Å². The van der Waals surface area contributed by atoms with Gasteiger partial charge in [0.15, 0.2) is 6.61 Å². The lowest BCUT2D eigenvalue weighted by Crippen LogP contribution is -2.49. The summed E-state index contributed by atoms with van der Waals surface area (Å²) in [5.74, 6) is 0.423. The molecule has 0 saturated heterocycles. The number of carbonyl (C=O) groups excluding carboxylic acids is 2. The summed E-state index contributed by atoms with van der Waals surface area (Å²) in [6.07, 6.45) is 1.95. The van der Waals surface area contributed by atoms with Crippen LogP contribution in [0.25, 0.3) is 0 Å². The largest absolute Gasteiger partial charge is 0.484 e. The predicted octanol–water partition coefficient (Wildman–Crippen LogP) is 3.74. The summed E-state index contributed by atoms with van der Waals surface area (Å²) in [7, 11) is 1.67. The quantitative estimate of drug-likeness (QED) is 0.487. The van der Waals surface area contributed by atoms with Crippen LogP contribution in [0.15, 0.2) is 30.5 Å². The van der Waals surface area contributed by atoms with Gasteiger partial charge in [0.1, 0.15) is 22.8 Å². The molecule has 6 rings (SSSR count). The summed E-state index contributed by atoms with van der Waals surface area (Å²) in [5, 5.41) is 14.9. The summed E-state index contributed by atoms with van der Waals surface area (Å²) in [6.45, 7) is -0.780. The first-order valence-corrected chi connectivity index (χ1v) is 12.7. The number of carbonyl (C=O) groups is 2. The van der Waals surface area contributed by atoms with Gasteiger partial charge >= 0.3 is 6.18 Å². The summed E-state index contributed by atoms with van der Waals surface area (Å²) >= 11 is 0. The molecule has 3 aliphatic rings. The Kier molecular flexibility index (Phi) is 5.73. The molecule has 1 atom stereocenters. The molecule has 200 valence electrons. The number of anilines is 1. The van der Waals surface area contributed by atoms with Crippen molar-refractivity contribution < 1.29 is 27.5 Å². The second-order valence-corrected chi connectivity index (χ2v) is 10.4. The van der Waals surface area contributed by atoms with Gasteiger partial charge in [-0.2, -0.15) is 23.4 Å². The number of aromatic nitrogens is 4. The van der Waals surface area contributed by atoms with E-state index in [0.29, 0.717) is 54.5 Å². The SMILES string of the molecule is Cn1nccc1C(=O)Nc1c2c(nn1CCC1CC1)C[C@]1(CCc3cc(OCC(F)(F)F)ccc31)NC2=O. The highest BCUT2D eigenvalue weighted by Gasteiger charge is 2.47. The molecular weight excluding hydrogens is 501 g/mol. The van der Waals surface area contributed by atoms with Crippen molar-refractivity contribution in [2.45, 2.75) is 56.8 Å². The van der Waals surface area contributed by atoms with Gasteiger partial charge in [0.05, 0.1) is 11.2 Å². The van der Waals surface area contributed by atoms with Gasteiger partial charge in [-0.1, -0.05) is 18.9 Å². The molecule has 0 unspecified atom stereocenters. The van der Waals surface area contributed by atoms with Gasteiger partial charge in [-0.15, -0.1) is 0 Å². The van der Waals surface area contributed by atoms with Crippen LogP contribution in [0.2, 0.25) is 0 Å². The van der Waals surface area contributed by atoms with Gasteiger partial charge in [-0.25, -0.2) is 4.68 Å². The molecule has 2 aromatic heterocycles. The van der Waals surface area contributed by atoms with E-state index in [4.69, 9.17) is 9.84 Å². The normalized spacial score (nSPS) is 20.3. The smallest absolute Gasteiger partial charge is 0.422 e. The van der Waals surface area contributed by atoms with E-state index in [1.165, 1.54) is 29.8 Å². The molecule has 2 aliphatic carbocycles. The third-order valence-electron chi connectivity index (χ3n) is 7.62. The van der Waals surface area contributed by atoms with E-state index in [2.05, 4.69) is 15.7 Å². The number of aryl methyl sites for hydroxylation is 3. The lowest BCUT2D eigenvalue weighted by molar-refractivity contribution is -0.153. The Morgan fingerprint density at radius 3 is 2.82 bits per heavy atom. The minimum Gasteiger partial charge on any atom is -0.484 e. The average molecular weight is 529 g/mol. The van der Waals surface area contributed by atoms with Gasteiger partial charge < -0.3 is 15.4 Å². The molecule has 38 heavy (non-hydrogen) atoms. The van der Waals surface area contributed by atoms with Crippen LogP contribution < -0.4 is 15.4 Å². The van der Waals surface area contributed by atoms with Gasteiger partial charge in [0.2, 0.25) is 0 Å². The van der Waals surface area contributed by atoms with E-state index >= 15 is 0 Å². The molecule has 1 saturated carbocycles. The van der Waals surface area contributed by atoms with E-state index in [1.54, 1.807) is 29.9 Å². The molecule has 2 amide bonds. The topological polar surface area (TPSA) is 103 Å². The highest BCUT2D eigenvalue weighted by atomic mass is 19.4. The number of fused-ring (bicyclic) bond motifs is 3. The molecule has 0 radical (unpaired) electrons. The molecule has 1 spiro atoms. The van der Waals surface area contributed by atoms with Crippen LogP contribution >= 0.6 is 0 Å². The van der Waals surface area contributed by atoms with Crippen molar-refractivity contribution >= 4 is 17.6 Å². The second kappa shape index (κ2) is 8.88. The monoisotopic (exact) mass is 528 g/mol. The molecular formula is C26H27F3N6O3. The fourth-order valence-electron chi connectivity index (χ4n) is 5.55. The van der Waals surface area contributed by atoms with Crippen molar-refractivity contribution in [2.75, 3.05) is 11.9 Å². The number of rotatable bonds is 7. The van der Waals surface area contributed by atoms with Crippen molar-refractivity contribution in [3.8, 4) is 5.75 Å². The summed E-state index contributed by atoms with van der Waals surface area (Å²) in [4.78, 5) is 26.6. The zero-order chi connectivity index (χ0) is 26.7. The van der Waals surface area contributed by atoms with Crippen molar-refractivity contribution in [3.63, 3.8) is 0 Å². The van der Waals surface area contributed by atoms with Gasteiger partial charge in [-0.3, -0.25) is 14.3 Å². The minimum atomic E-state index is -4.42. The Morgan fingerprint density at radius 2 is 2.11 bits per heavy atom. The van der Waals surface area contributed by atoms with E-state index in [1.807, 2.05) is 0 Å². The van der Waals surface area contributed by atoms with Crippen LogP contribution in [0.3, 0.4) is 0 Å². The number of halogens is 3. The van der Waals surface area contributed by atoms with Crippen molar-refractivity contribution in [2.24, 2.45) is 13.0 Å². The molecule has 3 aromatic rings. The fraction of sp³-hybridized carbons (Fsp3) is 0.462. The number of nitrogens with one attached hydrogen (secondary N) is 2. The number of nitrogens with zero attached hydrogens (tertiary/aromatic N) is 4. The van der Waals surface area contributed by atoms with Crippen LogP contribution in [-0.4, -0.2) is 44.2 Å². The Balaban J connectivity index is 1.30. The first-order chi connectivity index (χ1) is 18.1. The molecule has 1 aromatic carbocycles. The molecule has 1 aliphatic heterocycles. The van der Waals surface area contributed by atoms with Crippen molar-refractivity contribution in [3.05, 3.63) is 58.5 Å². The second-order valence-electron chi connectivity index (χ2n) is 10.4. The Morgan fingerprint density at radius 1 is 1.29 bits per heavy atom. The Hall–Kier alpha value is -3.83. The maximum absolute atomic E-state index is 13.6. The van der Waals surface area contributed by atoms with E-state index in [9.17, 15) is 22.8 Å². The zero-order valence-electron chi connectivity index (χ0n) is 20.8. The van der Waals surface area contributed by atoms with E-state index in [-0.39, 0.29) is 17.6 Å². The van der Waals surface area contributed by atoms with Gasteiger partial charge in [0.25, 0.3) is 11.8 Å². The molecule has 1 fully saturated rings. The van der Waals surface area contributed by atoms with Crippen LogP contribution in [0.4, 0.5) is 19.0 Å². The van der Waals surface area contributed by atoms with Gasteiger partial charge in [0, 0.05) is 26.2 Å². The molecule has 3 heterocycles. The number of ether oxygens (including phenoxy) is 1. The predicted molar refractivity (Wildman–Crippen MR) is 130 cm³/mol. The summed E-state index contributed by atoms with van der Waals surface area (Å²) in [5.41, 5.74) is 2.27. The van der Waals surface area contributed by atoms with Crippen molar-refractivity contribution in [1.82, 2.24) is 24.9 Å².